The van der Waals surface area contributed by atoms with Crippen molar-refractivity contribution in [2.75, 3.05) is 13.2 Å². The number of esters is 1. The number of hydrogen-bond donors (Lipinski definition) is 2. The number of hydrazone groups is 1. The van der Waals surface area contributed by atoms with Crippen LogP contribution in [-0.4, -0.2) is 48.0 Å². The molecular formula is C22H22N2O7. The van der Waals surface area contributed by atoms with Crippen molar-refractivity contribution in [2.45, 2.75) is 13.3 Å². The highest BCUT2D eigenvalue weighted by Gasteiger charge is 2.30. The number of hydrogen-bond acceptors (Lipinski definition) is 8. The number of ketones is 2. The summed E-state index contributed by atoms with van der Waals surface area (Å²) in [6, 6.07) is 11.9. The van der Waals surface area contributed by atoms with Crippen molar-refractivity contribution in [3.63, 3.8) is 0 Å². The number of carboxylic acid groups (broad SMARTS) is 1. The van der Waals surface area contributed by atoms with Crippen molar-refractivity contribution >= 4 is 29.7 Å². The van der Waals surface area contributed by atoms with E-state index >= 15 is 0 Å². The van der Waals surface area contributed by atoms with E-state index in [-0.39, 0.29) is 24.3 Å². The third-order valence-electron chi connectivity index (χ3n) is 4.26. The molecule has 0 aliphatic carbocycles. The quantitative estimate of drug-likeness (QED) is 0.139. The van der Waals surface area contributed by atoms with Gasteiger partial charge in [-0.15, -0.1) is 0 Å². The van der Waals surface area contributed by atoms with E-state index in [4.69, 9.17) is 15.3 Å². The molecule has 0 saturated carbocycles. The summed E-state index contributed by atoms with van der Waals surface area (Å²) in [5.74, 6) is 0.792. The maximum Gasteiger partial charge on any atom is 0.344 e. The lowest BCUT2D eigenvalue weighted by Crippen LogP contribution is -2.26. The number of carbonyl (C=O) groups is 4. The van der Waals surface area contributed by atoms with Crippen molar-refractivity contribution in [3.05, 3.63) is 65.2 Å². The molecule has 9 heteroatoms. The number of aliphatic carboxylic acids is 1. The SMILES string of the molecule is CCOC(=O)COc1ccc(C(=O)CC(C(=O)O)C(=O)c2ccc(C=NN)cc2)cc1. The van der Waals surface area contributed by atoms with Gasteiger partial charge in [0.15, 0.2) is 18.2 Å². The number of nitrogens with two attached hydrogens (primary N) is 1. The molecule has 1 atom stereocenters. The van der Waals surface area contributed by atoms with E-state index in [1.807, 2.05) is 0 Å². The molecule has 162 valence electrons. The first-order chi connectivity index (χ1) is 14.8. The van der Waals surface area contributed by atoms with Gasteiger partial charge in [0.05, 0.1) is 12.8 Å². The van der Waals surface area contributed by atoms with Gasteiger partial charge in [-0.2, -0.15) is 5.10 Å². The van der Waals surface area contributed by atoms with Crippen LogP contribution in [0.2, 0.25) is 0 Å². The number of benzene rings is 2. The molecule has 1 unspecified atom stereocenters. The summed E-state index contributed by atoms with van der Waals surface area (Å²) in [4.78, 5) is 48.1. The molecule has 0 bridgehead atoms. The zero-order valence-corrected chi connectivity index (χ0v) is 16.8. The number of rotatable bonds is 11. The summed E-state index contributed by atoms with van der Waals surface area (Å²) in [5.41, 5.74) is 1.03. The molecule has 0 radical (unpaired) electrons. The fourth-order valence-electron chi connectivity index (χ4n) is 2.70. The standard InChI is InChI=1S/C22H22N2O7/c1-2-30-20(26)13-31-17-9-7-15(8-10-17)19(25)11-18(22(28)29)21(27)16-5-3-14(4-6-16)12-24-23/h3-10,12,18H,2,11,13,23H2,1H3,(H,28,29). The van der Waals surface area contributed by atoms with Crippen LogP contribution in [0.25, 0.3) is 0 Å². The number of ether oxygens (including phenoxy) is 2. The van der Waals surface area contributed by atoms with Crippen molar-refractivity contribution in [1.29, 1.82) is 0 Å². The van der Waals surface area contributed by atoms with E-state index < -0.39 is 35.8 Å². The minimum absolute atomic E-state index is 0.164. The lowest BCUT2D eigenvalue weighted by Gasteiger charge is -2.11. The minimum atomic E-state index is -1.53. The third-order valence-corrected chi connectivity index (χ3v) is 4.26. The average Bonchev–Trinajstić information content (AvgIpc) is 2.76. The predicted octanol–water partition coefficient (Wildman–Crippen LogP) is 2.08. The molecule has 2 rings (SSSR count). The Bertz CT molecular complexity index is 966. The van der Waals surface area contributed by atoms with E-state index in [0.717, 1.165) is 0 Å². The van der Waals surface area contributed by atoms with Gasteiger partial charge in [0, 0.05) is 17.5 Å². The molecule has 0 amide bonds. The number of carboxylic acids is 1. The first-order valence-electron chi connectivity index (χ1n) is 9.37. The van der Waals surface area contributed by atoms with Gasteiger partial charge in [0.1, 0.15) is 11.7 Å². The largest absolute Gasteiger partial charge is 0.482 e. The van der Waals surface area contributed by atoms with Crippen LogP contribution in [-0.2, 0) is 14.3 Å². The number of nitrogens with zero attached hydrogens (tertiary/aromatic N) is 1. The molecule has 0 saturated heterocycles. The molecule has 9 nitrogen and oxygen atoms in total. The lowest BCUT2D eigenvalue weighted by atomic mass is 9.90. The second kappa shape index (κ2) is 11.2. The second-order valence-corrected chi connectivity index (χ2v) is 6.40. The lowest BCUT2D eigenvalue weighted by molar-refractivity contribution is -0.145. The fraction of sp³-hybridized carbons (Fsp3) is 0.227. The molecule has 0 heterocycles. The Hall–Kier alpha value is -4.01. The molecule has 31 heavy (non-hydrogen) atoms. The summed E-state index contributed by atoms with van der Waals surface area (Å²) in [5, 5.41) is 12.8. The summed E-state index contributed by atoms with van der Waals surface area (Å²) in [6.07, 6.45) is 0.885. The van der Waals surface area contributed by atoms with E-state index in [1.54, 1.807) is 19.1 Å². The smallest absolute Gasteiger partial charge is 0.344 e. The van der Waals surface area contributed by atoms with E-state index in [9.17, 15) is 24.3 Å². The first-order valence-corrected chi connectivity index (χ1v) is 9.37. The van der Waals surface area contributed by atoms with E-state index in [1.165, 1.54) is 42.6 Å². The zero-order valence-electron chi connectivity index (χ0n) is 16.8. The topological polar surface area (TPSA) is 145 Å². The van der Waals surface area contributed by atoms with Crippen LogP contribution < -0.4 is 10.6 Å². The Kier molecular flexibility index (Phi) is 8.44. The summed E-state index contributed by atoms with van der Waals surface area (Å²) < 4.78 is 10.00. The van der Waals surface area contributed by atoms with Crippen LogP contribution in [0.15, 0.2) is 53.6 Å². The van der Waals surface area contributed by atoms with Crippen molar-refractivity contribution in [2.24, 2.45) is 16.9 Å². The summed E-state index contributed by atoms with van der Waals surface area (Å²) in [7, 11) is 0. The first kappa shape index (κ1) is 23.3. The predicted molar refractivity (Wildman–Crippen MR) is 111 cm³/mol. The van der Waals surface area contributed by atoms with Crippen molar-refractivity contribution < 1.29 is 33.8 Å². The van der Waals surface area contributed by atoms with Gasteiger partial charge < -0.3 is 20.4 Å². The molecule has 0 aliphatic rings. The Morgan fingerprint density at radius 3 is 2.19 bits per heavy atom. The third kappa shape index (κ3) is 6.77. The highest BCUT2D eigenvalue weighted by molar-refractivity contribution is 6.12. The minimum Gasteiger partial charge on any atom is -0.482 e. The number of Topliss-reactive ketones (excluding diaryl/α,β-unsaturated/α-hetero) is 2. The van der Waals surface area contributed by atoms with Crippen molar-refractivity contribution in [1.82, 2.24) is 0 Å². The van der Waals surface area contributed by atoms with Gasteiger partial charge in [-0.1, -0.05) is 24.3 Å². The second-order valence-electron chi connectivity index (χ2n) is 6.40. The highest BCUT2D eigenvalue weighted by Crippen LogP contribution is 2.19. The Labute approximate surface area is 178 Å². The molecule has 0 aliphatic heterocycles. The van der Waals surface area contributed by atoms with Crippen LogP contribution >= 0.6 is 0 Å². The van der Waals surface area contributed by atoms with E-state index in [0.29, 0.717) is 11.3 Å². The summed E-state index contributed by atoms with van der Waals surface area (Å²) >= 11 is 0. The molecule has 0 fully saturated rings. The average molecular weight is 426 g/mol. The fourth-order valence-corrected chi connectivity index (χ4v) is 2.70. The maximum atomic E-state index is 12.6. The van der Waals surface area contributed by atoms with Gasteiger partial charge in [0.2, 0.25) is 0 Å². The summed E-state index contributed by atoms with van der Waals surface area (Å²) in [6.45, 7) is 1.65. The molecule has 2 aromatic carbocycles. The molecule has 0 aromatic heterocycles. The monoisotopic (exact) mass is 426 g/mol. The number of carbonyl (C=O) groups excluding carboxylic acids is 3. The van der Waals surface area contributed by atoms with Gasteiger partial charge in [-0.3, -0.25) is 14.4 Å². The Balaban J connectivity index is 2.05. The Morgan fingerprint density at radius 2 is 1.65 bits per heavy atom. The van der Waals surface area contributed by atoms with Crippen LogP contribution in [0.3, 0.4) is 0 Å². The van der Waals surface area contributed by atoms with Crippen LogP contribution in [0.1, 0.15) is 39.6 Å². The molecule has 0 spiro atoms. The van der Waals surface area contributed by atoms with Crippen LogP contribution in [0, 0.1) is 5.92 Å². The normalized spacial score (nSPS) is 11.6. The maximum absolute atomic E-state index is 12.6. The Morgan fingerprint density at radius 1 is 1.03 bits per heavy atom. The van der Waals surface area contributed by atoms with Gasteiger partial charge >= 0.3 is 11.9 Å². The van der Waals surface area contributed by atoms with Crippen molar-refractivity contribution in [3.8, 4) is 5.75 Å². The zero-order chi connectivity index (χ0) is 22.8. The van der Waals surface area contributed by atoms with Crippen LogP contribution in [0.5, 0.6) is 5.75 Å². The van der Waals surface area contributed by atoms with E-state index in [2.05, 4.69) is 5.10 Å². The molecule has 3 N–H and O–H groups in total. The van der Waals surface area contributed by atoms with Gasteiger partial charge in [-0.05, 0) is 36.8 Å². The van der Waals surface area contributed by atoms with Crippen LogP contribution in [0.4, 0.5) is 0 Å². The van der Waals surface area contributed by atoms with Gasteiger partial charge in [-0.25, -0.2) is 4.79 Å². The molecular weight excluding hydrogens is 404 g/mol. The van der Waals surface area contributed by atoms with Gasteiger partial charge in [0.25, 0.3) is 0 Å². The highest BCUT2D eigenvalue weighted by atomic mass is 16.6. The molecule has 2 aromatic rings.